The molecule has 3 rings (SSSR count). The zero-order valence-corrected chi connectivity index (χ0v) is 15.1. The van der Waals surface area contributed by atoms with Crippen molar-refractivity contribution in [2.75, 3.05) is 13.7 Å². The molecule has 1 aliphatic heterocycles. The highest BCUT2D eigenvalue weighted by molar-refractivity contribution is 5.85. The zero-order chi connectivity index (χ0) is 18.7. The molecule has 1 aromatic carbocycles. The smallest absolute Gasteiger partial charge is 0.336 e. The van der Waals surface area contributed by atoms with Crippen molar-refractivity contribution in [3.05, 3.63) is 46.3 Å². The molecule has 26 heavy (non-hydrogen) atoms. The molecule has 2 unspecified atom stereocenters. The Morgan fingerprint density at radius 1 is 1.27 bits per heavy atom. The molecular weight excluding hydrogens is 336 g/mol. The van der Waals surface area contributed by atoms with Gasteiger partial charge in [-0.15, -0.1) is 0 Å². The van der Waals surface area contributed by atoms with E-state index in [0.29, 0.717) is 30.1 Å². The van der Waals surface area contributed by atoms with E-state index >= 15 is 0 Å². The van der Waals surface area contributed by atoms with Gasteiger partial charge in [-0.3, -0.25) is 4.79 Å². The summed E-state index contributed by atoms with van der Waals surface area (Å²) in [7, 11) is 1.51. The molecule has 6 heteroatoms. The van der Waals surface area contributed by atoms with E-state index in [1.54, 1.807) is 12.1 Å². The Hall–Kier alpha value is -2.76. The van der Waals surface area contributed by atoms with Gasteiger partial charge in [-0.25, -0.2) is 4.79 Å². The van der Waals surface area contributed by atoms with Crippen molar-refractivity contribution in [1.82, 2.24) is 0 Å². The van der Waals surface area contributed by atoms with Crippen molar-refractivity contribution in [3.8, 4) is 11.5 Å². The van der Waals surface area contributed by atoms with Crippen LogP contribution in [0.1, 0.15) is 26.7 Å². The average molecular weight is 358 g/mol. The molecule has 2 heterocycles. The number of benzene rings is 1. The summed E-state index contributed by atoms with van der Waals surface area (Å²) in [6.45, 7) is 4.20. The summed E-state index contributed by atoms with van der Waals surface area (Å²) < 4.78 is 21.7. The van der Waals surface area contributed by atoms with Crippen molar-refractivity contribution < 1.29 is 23.4 Å². The van der Waals surface area contributed by atoms with Crippen LogP contribution in [0.5, 0.6) is 11.5 Å². The summed E-state index contributed by atoms with van der Waals surface area (Å²) in [5.41, 5.74) is 1.01. The second-order valence-corrected chi connectivity index (χ2v) is 6.53. The highest BCUT2D eigenvalue weighted by atomic mass is 16.6. The first-order valence-corrected chi connectivity index (χ1v) is 8.57. The van der Waals surface area contributed by atoms with E-state index in [1.807, 2.05) is 26.0 Å². The molecule has 2 aromatic rings. The highest BCUT2D eigenvalue weighted by Gasteiger charge is 2.30. The monoisotopic (exact) mass is 358 g/mol. The molecule has 0 amide bonds. The van der Waals surface area contributed by atoms with E-state index in [2.05, 4.69) is 0 Å². The van der Waals surface area contributed by atoms with Gasteiger partial charge in [-0.05, 0) is 37.6 Å². The van der Waals surface area contributed by atoms with Gasteiger partial charge in [0.25, 0.3) is 0 Å². The number of hydrogen-bond donors (Lipinski definition) is 0. The Morgan fingerprint density at radius 2 is 2.04 bits per heavy atom. The van der Waals surface area contributed by atoms with Crippen LogP contribution in [-0.4, -0.2) is 25.8 Å². The number of carbonyl (C=O) groups excluding carboxylic acids is 1. The summed E-state index contributed by atoms with van der Waals surface area (Å²) in [4.78, 5) is 22.9. The van der Waals surface area contributed by atoms with E-state index < -0.39 is 5.63 Å². The number of hydrogen-bond acceptors (Lipinski definition) is 6. The van der Waals surface area contributed by atoms with Gasteiger partial charge in [0.05, 0.1) is 13.0 Å². The topological polar surface area (TPSA) is 75.0 Å². The van der Waals surface area contributed by atoms with Gasteiger partial charge >= 0.3 is 11.6 Å². The number of esters is 1. The molecule has 2 atom stereocenters. The molecule has 0 N–H and O–H groups in total. The SMILES string of the molecule is COc1c(OC/C=C(\C)CC2CC(C)C(=O)O2)ccc2ccc(=O)oc12. The molecule has 1 fully saturated rings. The third-order valence-corrected chi connectivity index (χ3v) is 4.43. The third-order valence-electron chi connectivity index (χ3n) is 4.43. The minimum absolute atomic E-state index is 0.0273. The lowest BCUT2D eigenvalue weighted by atomic mass is 10.0. The first-order valence-electron chi connectivity index (χ1n) is 8.57. The molecular formula is C20H22O6. The van der Waals surface area contributed by atoms with Crippen LogP contribution in [0.2, 0.25) is 0 Å². The van der Waals surface area contributed by atoms with Gasteiger partial charge < -0.3 is 18.6 Å². The van der Waals surface area contributed by atoms with Gasteiger partial charge in [-0.1, -0.05) is 12.5 Å². The molecule has 1 aromatic heterocycles. The second kappa shape index (κ2) is 7.64. The van der Waals surface area contributed by atoms with Gasteiger partial charge in [0.2, 0.25) is 5.75 Å². The third kappa shape index (κ3) is 3.90. The molecule has 138 valence electrons. The summed E-state index contributed by atoms with van der Waals surface area (Å²) in [6.07, 6.45) is 3.34. The predicted molar refractivity (Wildman–Crippen MR) is 96.6 cm³/mol. The number of cyclic esters (lactones) is 1. The fourth-order valence-corrected chi connectivity index (χ4v) is 3.06. The molecule has 0 radical (unpaired) electrons. The first kappa shape index (κ1) is 18.0. The summed E-state index contributed by atoms with van der Waals surface area (Å²) in [6, 6.07) is 6.64. The number of methoxy groups -OCH3 is 1. The van der Waals surface area contributed by atoms with E-state index in [1.165, 1.54) is 13.2 Å². The van der Waals surface area contributed by atoms with Gasteiger partial charge in [0.15, 0.2) is 11.3 Å². The van der Waals surface area contributed by atoms with Crippen LogP contribution in [0.3, 0.4) is 0 Å². The fraction of sp³-hybridized carbons (Fsp3) is 0.400. The largest absolute Gasteiger partial charge is 0.490 e. The molecule has 1 aliphatic rings. The normalized spacial score (nSPS) is 20.3. The second-order valence-electron chi connectivity index (χ2n) is 6.53. The van der Waals surface area contributed by atoms with Crippen LogP contribution in [-0.2, 0) is 9.53 Å². The minimum atomic E-state index is -0.441. The molecule has 6 nitrogen and oxygen atoms in total. The maximum Gasteiger partial charge on any atom is 0.336 e. The van der Waals surface area contributed by atoms with E-state index in [4.69, 9.17) is 18.6 Å². The maximum atomic E-state index is 11.5. The maximum absolute atomic E-state index is 11.5. The van der Waals surface area contributed by atoms with Crippen molar-refractivity contribution in [2.24, 2.45) is 5.92 Å². The average Bonchev–Trinajstić information content (AvgIpc) is 2.91. The van der Waals surface area contributed by atoms with Crippen LogP contribution in [0.25, 0.3) is 11.0 Å². The Balaban J connectivity index is 1.67. The lowest BCUT2D eigenvalue weighted by Gasteiger charge is -2.12. The van der Waals surface area contributed by atoms with E-state index in [0.717, 1.165) is 17.4 Å². The Labute approximate surface area is 151 Å². The number of carbonyl (C=O) groups is 1. The quantitative estimate of drug-likeness (QED) is 0.447. The predicted octanol–water partition coefficient (Wildman–Crippen LogP) is 3.47. The minimum Gasteiger partial charge on any atom is -0.490 e. The summed E-state index contributed by atoms with van der Waals surface area (Å²) in [5.74, 6) is 0.742. The Kier molecular flexibility index (Phi) is 5.30. The Morgan fingerprint density at radius 3 is 2.73 bits per heavy atom. The number of rotatable bonds is 6. The number of ether oxygens (including phenoxy) is 3. The molecule has 1 saturated heterocycles. The van der Waals surface area contributed by atoms with Gasteiger partial charge in [0.1, 0.15) is 12.7 Å². The highest BCUT2D eigenvalue weighted by Crippen LogP contribution is 2.34. The fourth-order valence-electron chi connectivity index (χ4n) is 3.06. The van der Waals surface area contributed by atoms with Crippen LogP contribution in [0, 0.1) is 5.92 Å². The van der Waals surface area contributed by atoms with Crippen LogP contribution in [0.15, 0.2) is 45.1 Å². The lowest BCUT2D eigenvalue weighted by Crippen LogP contribution is -2.07. The summed E-state index contributed by atoms with van der Waals surface area (Å²) >= 11 is 0. The first-order chi connectivity index (χ1) is 12.5. The standard InChI is InChI=1S/C20H22O6/c1-12(10-15-11-13(2)20(22)25-15)8-9-24-16-6-4-14-5-7-17(21)26-18(14)19(16)23-3/h4-8,13,15H,9-11H2,1-3H3/b12-8+. The molecule has 0 bridgehead atoms. The Bertz CT molecular complexity index is 895. The van der Waals surface area contributed by atoms with E-state index in [9.17, 15) is 9.59 Å². The molecule has 0 spiro atoms. The summed E-state index contributed by atoms with van der Waals surface area (Å²) in [5, 5.41) is 0.762. The van der Waals surface area contributed by atoms with E-state index in [-0.39, 0.29) is 18.0 Å². The number of fused-ring (bicyclic) bond motifs is 1. The van der Waals surface area contributed by atoms with Gasteiger partial charge in [0, 0.05) is 17.9 Å². The molecule has 0 saturated carbocycles. The van der Waals surface area contributed by atoms with Crippen LogP contribution >= 0.6 is 0 Å². The lowest BCUT2D eigenvalue weighted by molar-refractivity contribution is -0.143. The van der Waals surface area contributed by atoms with Crippen molar-refractivity contribution >= 4 is 16.9 Å². The van der Waals surface area contributed by atoms with Crippen molar-refractivity contribution in [1.29, 1.82) is 0 Å². The van der Waals surface area contributed by atoms with Crippen molar-refractivity contribution in [3.63, 3.8) is 0 Å². The van der Waals surface area contributed by atoms with Crippen LogP contribution < -0.4 is 15.1 Å². The van der Waals surface area contributed by atoms with Crippen molar-refractivity contribution in [2.45, 2.75) is 32.8 Å². The van der Waals surface area contributed by atoms with Gasteiger partial charge in [-0.2, -0.15) is 0 Å². The zero-order valence-electron chi connectivity index (χ0n) is 15.1. The van der Waals surface area contributed by atoms with Crippen LogP contribution in [0.4, 0.5) is 0 Å². The molecule has 0 aliphatic carbocycles.